The van der Waals surface area contributed by atoms with E-state index >= 15 is 0 Å². The smallest absolute Gasteiger partial charge is 0.258 e. The molecule has 1 heterocycles. The van der Waals surface area contributed by atoms with Gasteiger partial charge in [0.25, 0.3) is 5.91 Å². The van der Waals surface area contributed by atoms with Crippen molar-refractivity contribution in [3.8, 4) is 0 Å². The molecule has 6 nitrogen and oxygen atoms in total. The van der Waals surface area contributed by atoms with Crippen molar-refractivity contribution in [1.82, 2.24) is 10.2 Å². The Morgan fingerprint density at radius 3 is 2.42 bits per heavy atom. The van der Waals surface area contributed by atoms with Crippen molar-refractivity contribution in [1.29, 1.82) is 0 Å². The Balaban J connectivity index is 1.48. The van der Waals surface area contributed by atoms with Crippen molar-refractivity contribution in [2.24, 2.45) is 0 Å². The number of rotatable bonds is 8. The van der Waals surface area contributed by atoms with Gasteiger partial charge in [-0.1, -0.05) is 54.1 Å². The summed E-state index contributed by atoms with van der Waals surface area (Å²) in [7, 11) is 0. The lowest BCUT2D eigenvalue weighted by Crippen LogP contribution is -2.52. The third-order valence-corrected chi connectivity index (χ3v) is 6.75. The molecule has 0 radical (unpaired) electrons. The van der Waals surface area contributed by atoms with Crippen LogP contribution in [0.5, 0.6) is 0 Å². The first-order valence-electron chi connectivity index (χ1n) is 12.3. The molecule has 1 aliphatic heterocycles. The Bertz CT molecular complexity index is 1310. The highest BCUT2D eigenvalue weighted by Gasteiger charge is 2.31. The summed E-state index contributed by atoms with van der Waals surface area (Å²) in [5.74, 6) is -0.423. The van der Waals surface area contributed by atoms with Gasteiger partial charge in [-0.15, -0.1) is 0 Å². The van der Waals surface area contributed by atoms with E-state index in [0.717, 1.165) is 22.0 Å². The van der Waals surface area contributed by atoms with Crippen LogP contribution in [0.15, 0.2) is 60.7 Å². The van der Waals surface area contributed by atoms with Gasteiger partial charge in [0.15, 0.2) is 0 Å². The number of carbonyl (C=O) groups is 3. The predicted molar refractivity (Wildman–Crippen MR) is 144 cm³/mol. The van der Waals surface area contributed by atoms with Crippen LogP contribution in [0.4, 0.5) is 5.69 Å². The van der Waals surface area contributed by atoms with Crippen molar-refractivity contribution in [3.05, 3.63) is 76.8 Å². The minimum Gasteiger partial charge on any atom is -0.350 e. The summed E-state index contributed by atoms with van der Waals surface area (Å²) in [4.78, 5) is 42.8. The van der Waals surface area contributed by atoms with Gasteiger partial charge in [-0.25, -0.2) is 0 Å². The first-order valence-corrected chi connectivity index (χ1v) is 12.6. The second-order valence-corrected chi connectivity index (χ2v) is 10.7. The van der Waals surface area contributed by atoms with Gasteiger partial charge in [-0.3, -0.25) is 14.4 Å². The lowest BCUT2D eigenvalue weighted by atomic mass is 10.1. The number of hydrogen-bond donors (Lipinski definition) is 1. The highest BCUT2D eigenvalue weighted by Crippen LogP contribution is 2.37. The number of nitrogens with zero attached hydrogens (tertiary/aromatic N) is 2. The Kier molecular flexibility index (Phi) is 7.36. The third-order valence-electron chi connectivity index (χ3n) is 6.39. The number of carbonyl (C=O) groups excluding carboxylic acids is 3. The van der Waals surface area contributed by atoms with Gasteiger partial charge in [-0.05, 0) is 63.3 Å². The summed E-state index contributed by atoms with van der Waals surface area (Å²) in [6.45, 7) is 8.10. The Morgan fingerprint density at radius 2 is 1.72 bits per heavy atom. The first kappa shape index (κ1) is 25.7. The average molecular weight is 506 g/mol. The molecule has 1 aliphatic rings. The van der Waals surface area contributed by atoms with Gasteiger partial charge in [0.1, 0.15) is 6.04 Å². The minimum atomic E-state index is -0.681. The predicted octanol–water partition coefficient (Wildman–Crippen LogP) is 5.57. The minimum absolute atomic E-state index is 0.0416. The van der Waals surface area contributed by atoms with E-state index in [0.29, 0.717) is 23.6 Å². The van der Waals surface area contributed by atoms with Gasteiger partial charge in [0.2, 0.25) is 11.8 Å². The number of anilines is 1. The SMILES string of the molecule is CC(C(=O)NC(C)(C)C)N(Cc1ccccc1Cl)C(=O)CCCN1C(=O)c2cccc3cccc1c23. The van der Waals surface area contributed by atoms with Crippen molar-refractivity contribution in [3.63, 3.8) is 0 Å². The maximum absolute atomic E-state index is 13.4. The van der Waals surface area contributed by atoms with Crippen LogP contribution >= 0.6 is 11.6 Å². The van der Waals surface area contributed by atoms with Crippen LogP contribution < -0.4 is 10.2 Å². The van der Waals surface area contributed by atoms with E-state index in [-0.39, 0.29) is 30.7 Å². The molecular formula is C29H32ClN3O3. The molecule has 0 fully saturated rings. The quantitative estimate of drug-likeness (QED) is 0.435. The summed E-state index contributed by atoms with van der Waals surface area (Å²) >= 11 is 6.37. The van der Waals surface area contributed by atoms with Crippen LogP contribution in [-0.2, 0) is 16.1 Å². The third kappa shape index (κ3) is 5.39. The topological polar surface area (TPSA) is 69.7 Å². The van der Waals surface area contributed by atoms with Crippen molar-refractivity contribution in [2.45, 2.75) is 58.7 Å². The van der Waals surface area contributed by atoms with E-state index < -0.39 is 11.6 Å². The van der Waals surface area contributed by atoms with Gasteiger partial charge in [0, 0.05) is 41.0 Å². The molecule has 7 heteroatoms. The molecule has 188 valence electrons. The Morgan fingerprint density at radius 1 is 1.03 bits per heavy atom. The summed E-state index contributed by atoms with van der Waals surface area (Å²) in [6.07, 6.45) is 0.676. The van der Waals surface area contributed by atoms with Crippen LogP contribution in [0.3, 0.4) is 0 Å². The molecule has 0 saturated carbocycles. The summed E-state index contributed by atoms with van der Waals surface area (Å²) in [6, 6.07) is 18.3. The molecule has 0 aliphatic carbocycles. The molecule has 3 amide bonds. The van der Waals surface area contributed by atoms with E-state index in [1.165, 1.54) is 0 Å². The van der Waals surface area contributed by atoms with Gasteiger partial charge < -0.3 is 15.1 Å². The van der Waals surface area contributed by atoms with Crippen LogP contribution in [0, 0.1) is 0 Å². The highest BCUT2D eigenvalue weighted by atomic mass is 35.5. The standard InChI is InChI=1S/C29H32ClN3O3/c1-19(27(35)31-29(2,3)4)33(18-21-10-5-6-14-23(21)30)25(34)16-9-17-32-24-15-8-12-20-11-7-13-22(26(20)24)28(32)36/h5-8,10-15,19H,9,16-18H2,1-4H3,(H,31,35). The van der Waals surface area contributed by atoms with Gasteiger partial charge in [0.05, 0.1) is 5.69 Å². The summed E-state index contributed by atoms with van der Waals surface area (Å²) in [5, 5.41) is 5.50. The maximum atomic E-state index is 13.4. The molecule has 0 aromatic heterocycles. The zero-order valence-electron chi connectivity index (χ0n) is 21.2. The number of benzene rings is 3. The lowest BCUT2D eigenvalue weighted by Gasteiger charge is -2.32. The van der Waals surface area contributed by atoms with Crippen LogP contribution in [0.2, 0.25) is 5.02 Å². The lowest BCUT2D eigenvalue weighted by molar-refractivity contribution is -0.141. The zero-order chi connectivity index (χ0) is 26.0. The molecule has 0 saturated heterocycles. The molecule has 4 rings (SSSR count). The summed E-state index contributed by atoms with van der Waals surface area (Å²) < 4.78 is 0. The molecule has 36 heavy (non-hydrogen) atoms. The summed E-state index contributed by atoms with van der Waals surface area (Å²) in [5.41, 5.74) is 1.93. The van der Waals surface area contributed by atoms with Crippen molar-refractivity contribution in [2.75, 3.05) is 11.4 Å². The highest BCUT2D eigenvalue weighted by molar-refractivity contribution is 6.31. The van der Waals surface area contributed by atoms with E-state index in [1.54, 1.807) is 22.8 Å². The normalized spacial score (nSPS) is 13.7. The Hall–Kier alpha value is -3.38. The molecule has 1 N–H and O–H groups in total. The molecule has 0 bridgehead atoms. The van der Waals surface area contributed by atoms with Crippen molar-refractivity contribution < 1.29 is 14.4 Å². The second kappa shape index (κ2) is 10.3. The van der Waals surface area contributed by atoms with Crippen molar-refractivity contribution >= 4 is 45.8 Å². The average Bonchev–Trinajstić information content (AvgIpc) is 3.10. The van der Waals surface area contributed by atoms with Crippen LogP contribution in [0.25, 0.3) is 10.8 Å². The fourth-order valence-corrected chi connectivity index (χ4v) is 4.80. The van der Waals surface area contributed by atoms with Gasteiger partial charge >= 0.3 is 0 Å². The number of nitrogens with one attached hydrogen (secondary N) is 1. The largest absolute Gasteiger partial charge is 0.350 e. The molecular weight excluding hydrogens is 474 g/mol. The van der Waals surface area contributed by atoms with E-state index in [4.69, 9.17) is 11.6 Å². The molecule has 3 aromatic carbocycles. The molecule has 0 spiro atoms. The van der Waals surface area contributed by atoms with E-state index in [1.807, 2.05) is 75.4 Å². The van der Waals surface area contributed by atoms with E-state index in [9.17, 15) is 14.4 Å². The van der Waals surface area contributed by atoms with E-state index in [2.05, 4.69) is 5.32 Å². The second-order valence-electron chi connectivity index (χ2n) is 10.3. The van der Waals surface area contributed by atoms with Crippen LogP contribution in [-0.4, -0.2) is 40.7 Å². The maximum Gasteiger partial charge on any atom is 0.258 e. The number of amides is 3. The van der Waals surface area contributed by atoms with Crippen LogP contribution in [0.1, 0.15) is 56.5 Å². The molecule has 3 aromatic rings. The zero-order valence-corrected chi connectivity index (χ0v) is 21.9. The fourth-order valence-electron chi connectivity index (χ4n) is 4.60. The monoisotopic (exact) mass is 505 g/mol. The molecule has 1 unspecified atom stereocenters. The first-order chi connectivity index (χ1) is 17.1. The number of halogens is 1. The Labute approximate surface area is 217 Å². The number of hydrogen-bond acceptors (Lipinski definition) is 3. The fraction of sp³-hybridized carbons (Fsp3) is 0.345. The van der Waals surface area contributed by atoms with Gasteiger partial charge in [-0.2, -0.15) is 0 Å². The molecule has 1 atom stereocenters.